The van der Waals surface area contributed by atoms with Crippen LogP contribution in [0.25, 0.3) is 0 Å². The Kier molecular flexibility index (Phi) is 6.21. The third-order valence-electron chi connectivity index (χ3n) is 4.14. The van der Waals surface area contributed by atoms with E-state index in [1.165, 1.54) is 0 Å². The van der Waals surface area contributed by atoms with Crippen LogP contribution < -0.4 is 5.32 Å². The Bertz CT molecular complexity index is 418. The highest BCUT2D eigenvalue weighted by Gasteiger charge is 2.32. The summed E-state index contributed by atoms with van der Waals surface area (Å²) < 4.78 is 8.33. The highest BCUT2D eigenvalue weighted by molar-refractivity contribution is 5.04. The smallest absolute Gasteiger partial charge is 0.128 e. The van der Waals surface area contributed by atoms with Crippen LogP contribution in [0.2, 0.25) is 0 Å². The molecule has 1 fully saturated rings. The highest BCUT2D eigenvalue weighted by atomic mass is 16.5. The van der Waals surface area contributed by atoms with E-state index in [4.69, 9.17) is 4.74 Å². The van der Waals surface area contributed by atoms with Crippen molar-refractivity contribution >= 4 is 0 Å². The first-order chi connectivity index (χ1) is 10.2. The summed E-state index contributed by atoms with van der Waals surface area (Å²) in [5.74, 6) is 1.11. The van der Waals surface area contributed by atoms with Gasteiger partial charge in [-0.3, -0.25) is 4.90 Å². The van der Waals surface area contributed by atoms with Crippen molar-refractivity contribution in [3.8, 4) is 0 Å². The fourth-order valence-corrected chi connectivity index (χ4v) is 3.01. The van der Waals surface area contributed by atoms with E-state index in [2.05, 4.69) is 53.7 Å². The summed E-state index contributed by atoms with van der Waals surface area (Å²) in [6, 6.07) is 0.729. The molecule has 5 nitrogen and oxygen atoms in total. The Morgan fingerprint density at radius 3 is 2.90 bits per heavy atom. The van der Waals surface area contributed by atoms with E-state index >= 15 is 0 Å². The minimum absolute atomic E-state index is 0.165. The first-order valence-corrected chi connectivity index (χ1v) is 8.27. The largest absolute Gasteiger partial charge is 0.373 e. The molecule has 1 aromatic rings. The zero-order valence-electron chi connectivity index (χ0n) is 13.9. The monoisotopic (exact) mass is 294 g/mol. The van der Waals surface area contributed by atoms with Crippen LogP contribution in [0.4, 0.5) is 0 Å². The van der Waals surface area contributed by atoms with E-state index in [1.54, 1.807) is 0 Å². The number of imidazole rings is 1. The number of likely N-dealkylation sites (N-methyl/N-ethyl adjacent to an activating group) is 1. The average molecular weight is 294 g/mol. The van der Waals surface area contributed by atoms with Crippen LogP contribution in [0.15, 0.2) is 12.4 Å². The number of hydrogen-bond donors (Lipinski definition) is 1. The minimum Gasteiger partial charge on any atom is -0.373 e. The fraction of sp³-hybridized carbons (Fsp3) is 0.812. The second-order valence-corrected chi connectivity index (χ2v) is 6.01. The van der Waals surface area contributed by atoms with E-state index in [1.807, 2.05) is 6.20 Å². The van der Waals surface area contributed by atoms with Gasteiger partial charge in [0, 0.05) is 38.1 Å². The zero-order valence-corrected chi connectivity index (χ0v) is 13.9. The van der Waals surface area contributed by atoms with Crippen molar-refractivity contribution in [2.24, 2.45) is 0 Å². The number of hydrogen-bond acceptors (Lipinski definition) is 4. The molecule has 1 aliphatic rings. The van der Waals surface area contributed by atoms with Crippen molar-refractivity contribution in [3.63, 3.8) is 0 Å². The maximum atomic E-state index is 6.07. The molecule has 1 aromatic heterocycles. The van der Waals surface area contributed by atoms with E-state index < -0.39 is 0 Å². The molecule has 1 saturated heterocycles. The third kappa shape index (κ3) is 4.05. The predicted molar refractivity (Wildman–Crippen MR) is 85.4 cm³/mol. The fourth-order valence-electron chi connectivity index (χ4n) is 3.01. The van der Waals surface area contributed by atoms with E-state index in [9.17, 15) is 0 Å². The van der Waals surface area contributed by atoms with Crippen LogP contribution in [-0.2, 0) is 11.3 Å². The van der Waals surface area contributed by atoms with Gasteiger partial charge in [-0.2, -0.15) is 0 Å². The molecule has 0 saturated carbocycles. The summed E-state index contributed by atoms with van der Waals surface area (Å²) in [4.78, 5) is 7.09. The molecule has 2 atom stereocenters. The van der Waals surface area contributed by atoms with Gasteiger partial charge < -0.3 is 14.6 Å². The molecule has 0 aliphatic carbocycles. The van der Waals surface area contributed by atoms with E-state index in [-0.39, 0.29) is 12.1 Å². The second kappa shape index (κ2) is 7.92. The van der Waals surface area contributed by atoms with Gasteiger partial charge in [0.1, 0.15) is 5.82 Å². The topological polar surface area (TPSA) is 42.3 Å². The molecule has 0 spiro atoms. The molecule has 2 heterocycles. The van der Waals surface area contributed by atoms with Gasteiger partial charge in [0.15, 0.2) is 0 Å². The number of nitrogens with one attached hydrogen (secondary N) is 1. The van der Waals surface area contributed by atoms with Crippen molar-refractivity contribution in [3.05, 3.63) is 18.2 Å². The van der Waals surface area contributed by atoms with Crippen molar-refractivity contribution in [2.45, 2.75) is 58.8 Å². The van der Waals surface area contributed by atoms with Crippen molar-refractivity contribution in [1.29, 1.82) is 0 Å². The quantitative estimate of drug-likeness (QED) is 0.836. The number of nitrogens with zero attached hydrogens (tertiary/aromatic N) is 3. The lowest BCUT2D eigenvalue weighted by Gasteiger charge is -2.39. The van der Waals surface area contributed by atoms with Gasteiger partial charge in [0.2, 0.25) is 0 Å². The predicted octanol–water partition coefficient (Wildman–Crippen LogP) is 2.05. The van der Waals surface area contributed by atoms with Crippen LogP contribution in [0, 0.1) is 0 Å². The molecule has 0 aromatic carbocycles. The molecule has 1 N–H and O–H groups in total. The Hall–Kier alpha value is -0.910. The van der Waals surface area contributed by atoms with Crippen molar-refractivity contribution in [1.82, 2.24) is 19.8 Å². The van der Waals surface area contributed by atoms with Gasteiger partial charge >= 0.3 is 0 Å². The molecule has 2 rings (SSSR count). The molecule has 0 amide bonds. The van der Waals surface area contributed by atoms with Crippen molar-refractivity contribution in [2.75, 3.05) is 26.2 Å². The van der Waals surface area contributed by atoms with E-state index in [0.717, 1.165) is 45.0 Å². The van der Waals surface area contributed by atoms with Gasteiger partial charge in [-0.1, -0.05) is 13.8 Å². The molecule has 0 bridgehead atoms. The summed E-state index contributed by atoms with van der Waals surface area (Å²) in [7, 11) is 0. The summed E-state index contributed by atoms with van der Waals surface area (Å²) in [6.45, 7) is 13.6. The Morgan fingerprint density at radius 2 is 2.24 bits per heavy atom. The lowest BCUT2D eigenvalue weighted by Crippen LogP contribution is -2.50. The van der Waals surface area contributed by atoms with Crippen LogP contribution >= 0.6 is 0 Å². The average Bonchev–Trinajstić information content (AvgIpc) is 2.93. The summed E-state index contributed by atoms with van der Waals surface area (Å²) in [6.07, 6.45) is 5.26. The lowest BCUT2D eigenvalue weighted by molar-refractivity contribution is -0.0576. The molecule has 1 aliphatic heterocycles. The molecule has 2 unspecified atom stereocenters. The van der Waals surface area contributed by atoms with Gasteiger partial charge in [0.25, 0.3) is 0 Å². The number of aryl methyl sites for hydroxylation is 1. The molecule has 21 heavy (non-hydrogen) atoms. The lowest BCUT2D eigenvalue weighted by atomic mass is 10.1. The van der Waals surface area contributed by atoms with Gasteiger partial charge in [-0.25, -0.2) is 4.98 Å². The second-order valence-electron chi connectivity index (χ2n) is 6.01. The first-order valence-electron chi connectivity index (χ1n) is 8.27. The number of morpholine rings is 1. The number of ether oxygens (including phenoxy) is 1. The van der Waals surface area contributed by atoms with Gasteiger partial charge in [-0.05, 0) is 26.8 Å². The number of aromatic nitrogens is 2. The zero-order chi connectivity index (χ0) is 15.2. The normalized spacial score (nSPS) is 21.9. The van der Waals surface area contributed by atoms with Crippen LogP contribution in [0.1, 0.15) is 46.0 Å². The molecule has 0 radical (unpaired) electrons. The molecule has 5 heteroatoms. The van der Waals surface area contributed by atoms with Gasteiger partial charge in [0.05, 0.1) is 18.8 Å². The summed E-state index contributed by atoms with van der Waals surface area (Å²) in [5.41, 5.74) is 0. The SMILES string of the molecule is CCCn1ccnc1C(NCC)C1CN(C(C)C)CCO1. The maximum Gasteiger partial charge on any atom is 0.128 e. The van der Waals surface area contributed by atoms with Crippen LogP contribution in [-0.4, -0.2) is 52.8 Å². The Labute approximate surface area is 128 Å². The minimum atomic E-state index is 0.165. The molecule has 120 valence electrons. The Balaban J connectivity index is 2.15. The van der Waals surface area contributed by atoms with Crippen LogP contribution in [0.3, 0.4) is 0 Å². The molecular formula is C16H30N4O. The highest BCUT2D eigenvalue weighted by Crippen LogP contribution is 2.22. The standard InChI is InChI=1S/C16H30N4O/c1-5-8-19-9-7-18-16(19)15(17-6-2)14-12-20(13(3)4)10-11-21-14/h7,9,13-15,17H,5-6,8,10-12H2,1-4H3. The van der Waals surface area contributed by atoms with Crippen LogP contribution in [0.5, 0.6) is 0 Å². The molecular weight excluding hydrogens is 264 g/mol. The van der Waals surface area contributed by atoms with Gasteiger partial charge in [-0.15, -0.1) is 0 Å². The summed E-state index contributed by atoms with van der Waals surface area (Å²) in [5, 5.41) is 3.58. The summed E-state index contributed by atoms with van der Waals surface area (Å²) >= 11 is 0. The Morgan fingerprint density at radius 1 is 1.43 bits per heavy atom. The number of rotatable bonds is 7. The first kappa shape index (κ1) is 16.5. The maximum absolute atomic E-state index is 6.07. The third-order valence-corrected chi connectivity index (χ3v) is 4.14. The van der Waals surface area contributed by atoms with Crippen molar-refractivity contribution < 1.29 is 4.74 Å². The van der Waals surface area contributed by atoms with E-state index in [0.29, 0.717) is 6.04 Å².